The summed E-state index contributed by atoms with van der Waals surface area (Å²) in [5.74, 6) is -2.72. The van der Waals surface area contributed by atoms with Gasteiger partial charge in [0.15, 0.2) is 17.7 Å². The summed E-state index contributed by atoms with van der Waals surface area (Å²) in [6.07, 6.45) is -4.67. The molecule has 2 aliphatic heterocycles. The number of halogens is 4. The maximum absolute atomic E-state index is 15.6. The Labute approximate surface area is 258 Å². The molecule has 11 heteroatoms. The molecule has 0 radical (unpaired) electrons. The molecular formula is C34H35F4NO6. The smallest absolute Gasteiger partial charge is 0.419 e. The van der Waals surface area contributed by atoms with E-state index >= 15 is 4.39 Å². The van der Waals surface area contributed by atoms with Crippen molar-refractivity contribution in [1.29, 1.82) is 0 Å². The zero-order valence-electron chi connectivity index (χ0n) is 25.9. The minimum absolute atomic E-state index is 0.116. The molecule has 0 aliphatic carbocycles. The molecule has 5 rings (SSSR count). The number of amides is 1. The number of carboxylic acid groups (broad SMARTS) is 1. The van der Waals surface area contributed by atoms with E-state index in [0.29, 0.717) is 58.5 Å². The average molecular weight is 630 g/mol. The van der Waals surface area contributed by atoms with Gasteiger partial charge in [-0.2, -0.15) is 13.2 Å². The van der Waals surface area contributed by atoms with Gasteiger partial charge in [-0.1, -0.05) is 0 Å². The topological polar surface area (TPSA) is 85.3 Å². The van der Waals surface area contributed by atoms with Gasteiger partial charge in [-0.05, 0) is 112 Å². The molecular weight excluding hydrogens is 594 g/mol. The minimum atomic E-state index is -4.75. The molecule has 0 fully saturated rings. The molecule has 45 heavy (non-hydrogen) atoms. The summed E-state index contributed by atoms with van der Waals surface area (Å²) in [4.78, 5) is 27.9. The lowest BCUT2D eigenvalue weighted by Crippen LogP contribution is -2.30. The van der Waals surface area contributed by atoms with Gasteiger partial charge in [0.2, 0.25) is 0 Å². The van der Waals surface area contributed by atoms with Crippen LogP contribution in [0.2, 0.25) is 0 Å². The number of anilines is 1. The number of alkyl halides is 3. The molecule has 0 unspecified atom stereocenters. The SMILES string of the molecule is COc1ccc(C(=O)N2CCc3c2cc(C)c([C@H](OC(C)(C)C)C(=O)O)c3-c2cc(F)c3c(c2C)CCCO3)cc1C(F)(F)F. The molecule has 2 heterocycles. The van der Waals surface area contributed by atoms with Gasteiger partial charge >= 0.3 is 12.1 Å². The molecule has 0 saturated heterocycles. The Balaban J connectivity index is 1.74. The van der Waals surface area contributed by atoms with Gasteiger partial charge in [-0.25, -0.2) is 9.18 Å². The third kappa shape index (κ3) is 5.97. The third-order valence-corrected chi connectivity index (χ3v) is 8.20. The first-order chi connectivity index (χ1) is 21.0. The number of benzene rings is 3. The molecule has 0 aromatic heterocycles. The lowest BCUT2D eigenvalue weighted by molar-refractivity contribution is -0.160. The van der Waals surface area contributed by atoms with Crippen LogP contribution in [0.5, 0.6) is 11.5 Å². The fourth-order valence-electron chi connectivity index (χ4n) is 6.27. The Kier molecular flexibility index (Phi) is 8.37. The number of nitrogens with zero attached hydrogens (tertiary/aromatic N) is 1. The molecule has 1 N–H and O–H groups in total. The van der Waals surface area contributed by atoms with Gasteiger partial charge in [0.25, 0.3) is 5.91 Å². The van der Waals surface area contributed by atoms with Crippen LogP contribution in [0.4, 0.5) is 23.2 Å². The number of rotatable bonds is 6. The first-order valence-electron chi connectivity index (χ1n) is 14.6. The molecule has 1 atom stereocenters. The Hall–Kier alpha value is -4.12. The van der Waals surface area contributed by atoms with Crippen molar-refractivity contribution in [3.8, 4) is 22.6 Å². The number of hydrogen-bond acceptors (Lipinski definition) is 5. The van der Waals surface area contributed by atoms with E-state index < -0.39 is 46.9 Å². The van der Waals surface area contributed by atoms with Crippen molar-refractivity contribution in [2.24, 2.45) is 0 Å². The van der Waals surface area contributed by atoms with Crippen LogP contribution in [-0.4, -0.2) is 42.8 Å². The van der Waals surface area contributed by atoms with E-state index in [-0.39, 0.29) is 24.3 Å². The van der Waals surface area contributed by atoms with Crippen molar-refractivity contribution >= 4 is 17.6 Å². The summed E-state index contributed by atoms with van der Waals surface area (Å²) in [7, 11) is 1.12. The molecule has 7 nitrogen and oxygen atoms in total. The van der Waals surface area contributed by atoms with Crippen LogP contribution in [-0.2, 0) is 28.5 Å². The zero-order chi connectivity index (χ0) is 33.0. The van der Waals surface area contributed by atoms with E-state index in [1.165, 1.54) is 17.0 Å². The lowest BCUT2D eigenvalue weighted by Gasteiger charge is -2.30. The molecule has 1 amide bonds. The molecule has 3 aromatic rings. The van der Waals surface area contributed by atoms with Crippen LogP contribution in [0.3, 0.4) is 0 Å². The van der Waals surface area contributed by atoms with Crippen LogP contribution in [0.15, 0.2) is 30.3 Å². The van der Waals surface area contributed by atoms with Gasteiger partial charge in [-0.15, -0.1) is 0 Å². The van der Waals surface area contributed by atoms with Gasteiger partial charge in [-0.3, -0.25) is 4.79 Å². The van der Waals surface area contributed by atoms with Crippen molar-refractivity contribution in [3.63, 3.8) is 0 Å². The fraction of sp³-hybridized carbons (Fsp3) is 0.412. The van der Waals surface area contributed by atoms with Crippen molar-refractivity contribution in [1.82, 2.24) is 0 Å². The second kappa shape index (κ2) is 11.7. The Morgan fingerprint density at radius 2 is 1.76 bits per heavy atom. The van der Waals surface area contributed by atoms with Crippen LogP contribution in [0, 0.1) is 19.7 Å². The average Bonchev–Trinajstić information content (AvgIpc) is 3.39. The monoisotopic (exact) mass is 629 g/mol. The maximum atomic E-state index is 15.6. The van der Waals surface area contributed by atoms with Gasteiger partial charge < -0.3 is 24.2 Å². The normalized spacial score (nSPS) is 15.3. The van der Waals surface area contributed by atoms with Gasteiger partial charge in [0, 0.05) is 28.9 Å². The van der Waals surface area contributed by atoms with E-state index in [0.717, 1.165) is 24.8 Å². The zero-order valence-corrected chi connectivity index (χ0v) is 25.9. The molecule has 3 aromatic carbocycles. The molecule has 0 bridgehead atoms. The molecule has 0 saturated carbocycles. The number of aryl methyl sites for hydroxylation is 1. The number of hydrogen-bond donors (Lipinski definition) is 1. The van der Waals surface area contributed by atoms with E-state index in [4.69, 9.17) is 14.2 Å². The molecule has 0 spiro atoms. The minimum Gasteiger partial charge on any atom is -0.496 e. The Morgan fingerprint density at radius 1 is 1.04 bits per heavy atom. The van der Waals surface area contributed by atoms with Crippen LogP contribution in [0.1, 0.15) is 77.0 Å². The quantitative estimate of drug-likeness (QED) is 0.283. The number of aliphatic carboxylic acids is 1. The van der Waals surface area contributed by atoms with Crippen molar-refractivity contribution in [2.45, 2.75) is 71.8 Å². The summed E-state index contributed by atoms with van der Waals surface area (Å²) < 4.78 is 73.5. The lowest BCUT2D eigenvalue weighted by atomic mass is 9.83. The van der Waals surface area contributed by atoms with E-state index in [2.05, 4.69) is 0 Å². The number of carbonyl (C=O) groups is 2. The Bertz CT molecular complexity index is 1690. The van der Waals surface area contributed by atoms with Crippen molar-refractivity contribution < 1.29 is 46.5 Å². The highest BCUT2D eigenvalue weighted by Gasteiger charge is 2.39. The summed E-state index contributed by atoms with van der Waals surface area (Å²) >= 11 is 0. The van der Waals surface area contributed by atoms with Gasteiger partial charge in [0.05, 0.1) is 24.9 Å². The van der Waals surface area contributed by atoms with Crippen molar-refractivity contribution in [2.75, 3.05) is 25.2 Å². The summed E-state index contributed by atoms with van der Waals surface area (Å²) in [6.45, 7) is 9.21. The summed E-state index contributed by atoms with van der Waals surface area (Å²) in [6, 6.07) is 6.13. The predicted molar refractivity (Wildman–Crippen MR) is 160 cm³/mol. The second-order valence-electron chi connectivity index (χ2n) is 12.3. The number of methoxy groups -OCH3 is 1. The van der Waals surface area contributed by atoms with Crippen molar-refractivity contribution in [3.05, 3.63) is 75.1 Å². The fourth-order valence-corrected chi connectivity index (χ4v) is 6.27. The highest BCUT2D eigenvalue weighted by atomic mass is 19.4. The summed E-state index contributed by atoms with van der Waals surface area (Å²) in [5.41, 5.74) is 1.96. The number of ether oxygens (including phenoxy) is 3. The van der Waals surface area contributed by atoms with Crippen LogP contribution >= 0.6 is 0 Å². The number of carbonyl (C=O) groups excluding carboxylic acids is 1. The van der Waals surface area contributed by atoms with E-state index in [9.17, 15) is 27.9 Å². The highest BCUT2D eigenvalue weighted by Crippen LogP contribution is 2.48. The standard InChI is InChI=1S/C34H35F4NO6/c1-17-14-25-21(11-12-39(25)31(40)19-9-10-26(43-6)23(15-19)34(36,37)38)28(27(17)30(32(41)42)45-33(3,4)5)22-16-24(35)29-20(18(22)2)8-7-13-44-29/h9-10,14-16,30H,7-8,11-13H2,1-6H3,(H,41,42)/t30-/m0/s1. The largest absolute Gasteiger partial charge is 0.496 e. The maximum Gasteiger partial charge on any atom is 0.419 e. The van der Waals surface area contributed by atoms with E-state index in [1.807, 2.05) is 6.92 Å². The predicted octanol–water partition coefficient (Wildman–Crippen LogP) is 7.61. The van der Waals surface area contributed by atoms with Crippen LogP contribution < -0.4 is 14.4 Å². The molecule has 240 valence electrons. The first-order valence-corrected chi connectivity index (χ1v) is 14.6. The third-order valence-electron chi connectivity index (χ3n) is 8.20. The number of fused-ring (bicyclic) bond motifs is 2. The molecule has 2 aliphatic rings. The van der Waals surface area contributed by atoms with E-state index in [1.54, 1.807) is 33.8 Å². The Morgan fingerprint density at radius 3 is 2.38 bits per heavy atom. The van der Waals surface area contributed by atoms with Crippen LogP contribution in [0.25, 0.3) is 11.1 Å². The number of carboxylic acids is 1. The summed E-state index contributed by atoms with van der Waals surface area (Å²) in [5, 5.41) is 10.4. The second-order valence-corrected chi connectivity index (χ2v) is 12.3. The highest BCUT2D eigenvalue weighted by molar-refractivity contribution is 6.08. The van der Waals surface area contributed by atoms with Gasteiger partial charge in [0.1, 0.15) is 5.75 Å². The first kappa shape index (κ1) is 32.3.